The van der Waals surface area contributed by atoms with Crippen LogP contribution in [-0.4, -0.2) is 30.2 Å². The van der Waals surface area contributed by atoms with Gasteiger partial charge in [-0.2, -0.15) is 0 Å². The highest BCUT2D eigenvalue weighted by Gasteiger charge is 2.15. The van der Waals surface area contributed by atoms with E-state index in [2.05, 4.69) is 10.6 Å². The first-order valence-corrected chi connectivity index (χ1v) is 6.09. The second kappa shape index (κ2) is 8.17. The van der Waals surface area contributed by atoms with Gasteiger partial charge >= 0.3 is 11.5 Å². The molecule has 0 unspecified atom stereocenters. The van der Waals surface area contributed by atoms with Gasteiger partial charge in [-0.1, -0.05) is 0 Å². The van der Waals surface area contributed by atoms with Crippen LogP contribution in [0, 0.1) is 0 Å². The van der Waals surface area contributed by atoms with Crippen molar-refractivity contribution in [3.8, 4) is 0 Å². The average molecular weight is 265 g/mol. The van der Waals surface area contributed by atoms with Crippen LogP contribution >= 0.6 is 11.6 Å². The second-order valence-corrected chi connectivity index (χ2v) is 5.03. The van der Waals surface area contributed by atoms with Crippen molar-refractivity contribution in [3.63, 3.8) is 0 Å². The monoisotopic (exact) mass is 264 g/mol. The molecule has 5 nitrogen and oxygen atoms in total. The topological polar surface area (TPSA) is 67.4 Å². The molecule has 6 heteroatoms. The van der Waals surface area contributed by atoms with E-state index in [-0.39, 0.29) is 0 Å². The number of ether oxygens (including phenoxy) is 1. The van der Waals surface area contributed by atoms with Crippen molar-refractivity contribution in [3.05, 3.63) is 0 Å². The molecule has 0 aromatic heterocycles. The van der Waals surface area contributed by atoms with Crippen molar-refractivity contribution in [2.24, 2.45) is 0 Å². The first-order valence-electron chi connectivity index (χ1n) is 5.71. The second-order valence-electron chi connectivity index (χ2n) is 4.69. The first-order chi connectivity index (χ1) is 7.81. The number of carbonyl (C=O) groups excluding carboxylic acids is 2. The van der Waals surface area contributed by atoms with Gasteiger partial charge in [0.15, 0.2) is 0 Å². The zero-order chi connectivity index (χ0) is 13.3. The van der Waals surface area contributed by atoms with Crippen LogP contribution in [0.2, 0.25) is 0 Å². The van der Waals surface area contributed by atoms with Crippen LogP contribution in [0.15, 0.2) is 0 Å². The summed E-state index contributed by atoms with van der Waals surface area (Å²) in [5.74, 6) is 0. The fraction of sp³-hybridized carbons (Fsp3) is 0.818. The summed E-state index contributed by atoms with van der Waals surface area (Å²) in [7, 11) is 0. The van der Waals surface area contributed by atoms with Crippen molar-refractivity contribution in [1.29, 1.82) is 0 Å². The third-order valence-corrected chi connectivity index (χ3v) is 1.92. The van der Waals surface area contributed by atoms with E-state index in [0.717, 1.165) is 19.3 Å². The molecule has 0 rings (SSSR count). The smallest absolute Gasteiger partial charge is 0.407 e. The molecule has 0 aromatic rings. The average Bonchev–Trinajstić information content (AvgIpc) is 2.12. The number of amides is 2. The predicted molar refractivity (Wildman–Crippen MR) is 67.3 cm³/mol. The summed E-state index contributed by atoms with van der Waals surface area (Å²) in [6, 6.07) is 0. The standard InChI is InChI=1S/C11H21ClN2O3/c1-11(2,3)17-10(16)14-8-6-4-5-7-13-9(12)15/h4-8H2,1-3H3,(H,13,15)(H,14,16). The summed E-state index contributed by atoms with van der Waals surface area (Å²) < 4.78 is 5.07. The Bertz CT molecular complexity index is 252. The van der Waals surface area contributed by atoms with Crippen LogP contribution < -0.4 is 10.6 Å². The highest BCUT2D eigenvalue weighted by molar-refractivity contribution is 6.62. The fourth-order valence-electron chi connectivity index (χ4n) is 1.12. The number of rotatable bonds is 6. The molecule has 100 valence electrons. The fourth-order valence-corrected chi connectivity index (χ4v) is 1.21. The van der Waals surface area contributed by atoms with Gasteiger partial charge in [-0.15, -0.1) is 0 Å². The van der Waals surface area contributed by atoms with Crippen LogP contribution in [0.4, 0.5) is 9.59 Å². The van der Waals surface area contributed by atoms with E-state index >= 15 is 0 Å². The molecule has 0 saturated carbocycles. The van der Waals surface area contributed by atoms with Gasteiger partial charge < -0.3 is 15.4 Å². The van der Waals surface area contributed by atoms with Gasteiger partial charge in [0.05, 0.1) is 0 Å². The molecule has 0 aliphatic rings. The largest absolute Gasteiger partial charge is 0.444 e. The third kappa shape index (κ3) is 13.0. The number of nitrogens with one attached hydrogen (secondary N) is 2. The van der Waals surface area contributed by atoms with E-state index in [4.69, 9.17) is 16.3 Å². The zero-order valence-electron chi connectivity index (χ0n) is 10.6. The number of halogens is 1. The Balaban J connectivity index is 3.34. The van der Waals surface area contributed by atoms with Crippen LogP contribution in [0.5, 0.6) is 0 Å². The lowest BCUT2D eigenvalue weighted by Crippen LogP contribution is -2.33. The normalized spacial score (nSPS) is 10.8. The lowest BCUT2D eigenvalue weighted by atomic mass is 10.2. The summed E-state index contributed by atoms with van der Waals surface area (Å²) in [6.45, 7) is 6.60. The van der Waals surface area contributed by atoms with Crippen LogP contribution in [0.3, 0.4) is 0 Å². The third-order valence-electron chi connectivity index (χ3n) is 1.79. The molecule has 0 aromatic carbocycles. The van der Waals surface area contributed by atoms with E-state index in [1.807, 2.05) is 20.8 Å². The first kappa shape index (κ1) is 16.0. The highest BCUT2D eigenvalue weighted by atomic mass is 35.5. The highest BCUT2D eigenvalue weighted by Crippen LogP contribution is 2.06. The van der Waals surface area contributed by atoms with Gasteiger partial charge in [0.25, 0.3) is 0 Å². The maximum atomic E-state index is 11.2. The Morgan fingerprint density at radius 3 is 2.06 bits per heavy atom. The summed E-state index contributed by atoms with van der Waals surface area (Å²) in [5.41, 5.74) is -0.464. The molecule has 2 N–H and O–H groups in total. The Kier molecular flexibility index (Phi) is 7.70. The van der Waals surface area contributed by atoms with Gasteiger partial charge in [0.1, 0.15) is 5.60 Å². The van der Waals surface area contributed by atoms with Crippen molar-refractivity contribution in [2.45, 2.75) is 45.6 Å². The molecule has 0 spiro atoms. The zero-order valence-corrected chi connectivity index (χ0v) is 11.4. The molecule has 2 amide bonds. The van der Waals surface area contributed by atoms with Crippen molar-refractivity contribution < 1.29 is 14.3 Å². The molecular weight excluding hydrogens is 244 g/mol. The van der Waals surface area contributed by atoms with Crippen molar-refractivity contribution >= 4 is 23.1 Å². The Morgan fingerprint density at radius 2 is 1.59 bits per heavy atom. The Labute approximate surface area is 107 Å². The van der Waals surface area contributed by atoms with Crippen molar-refractivity contribution in [1.82, 2.24) is 10.6 Å². The van der Waals surface area contributed by atoms with Crippen LogP contribution in [-0.2, 0) is 4.74 Å². The molecule has 0 atom stereocenters. The van der Waals surface area contributed by atoms with Gasteiger partial charge in [-0.05, 0) is 51.6 Å². The number of unbranched alkanes of at least 4 members (excludes halogenated alkanes) is 2. The lowest BCUT2D eigenvalue weighted by Gasteiger charge is -2.19. The molecule has 0 saturated heterocycles. The molecule has 0 fully saturated rings. The molecular formula is C11H21ClN2O3. The maximum Gasteiger partial charge on any atom is 0.407 e. The summed E-state index contributed by atoms with van der Waals surface area (Å²) in [4.78, 5) is 21.6. The molecule has 0 aliphatic carbocycles. The molecule has 0 bridgehead atoms. The minimum absolute atomic E-state index is 0.397. The summed E-state index contributed by atoms with van der Waals surface area (Å²) in [5, 5.41) is 4.62. The van der Waals surface area contributed by atoms with Gasteiger partial charge in [0, 0.05) is 13.1 Å². The molecule has 0 heterocycles. The quantitative estimate of drug-likeness (QED) is 0.440. The lowest BCUT2D eigenvalue weighted by molar-refractivity contribution is 0.0527. The van der Waals surface area contributed by atoms with Gasteiger partial charge in [0.2, 0.25) is 0 Å². The molecule has 0 radical (unpaired) electrons. The number of alkyl carbamates (subject to hydrolysis) is 1. The molecule has 17 heavy (non-hydrogen) atoms. The van der Waals surface area contributed by atoms with Crippen LogP contribution in [0.25, 0.3) is 0 Å². The van der Waals surface area contributed by atoms with Crippen molar-refractivity contribution in [2.75, 3.05) is 13.1 Å². The summed E-state index contributed by atoms with van der Waals surface area (Å²) in [6.07, 6.45) is 2.20. The number of hydrogen-bond donors (Lipinski definition) is 2. The SMILES string of the molecule is CC(C)(C)OC(=O)NCCCCCNC(=O)Cl. The predicted octanol–water partition coefficient (Wildman–Crippen LogP) is 2.63. The van der Waals surface area contributed by atoms with E-state index < -0.39 is 17.1 Å². The van der Waals surface area contributed by atoms with Gasteiger partial charge in [-0.25, -0.2) is 4.79 Å². The van der Waals surface area contributed by atoms with Crippen LogP contribution in [0.1, 0.15) is 40.0 Å². The Hall–Kier alpha value is -0.970. The minimum atomic E-state index is -0.531. The van der Waals surface area contributed by atoms with E-state index in [1.54, 1.807) is 0 Å². The Morgan fingerprint density at radius 1 is 1.06 bits per heavy atom. The summed E-state index contributed by atoms with van der Waals surface area (Å²) >= 11 is 5.10. The van der Waals surface area contributed by atoms with E-state index in [9.17, 15) is 9.59 Å². The molecule has 0 aliphatic heterocycles. The van der Waals surface area contributed by atoms with Gasteiger partial charge in [-0.3, -0.25) is 4.79 Å². The van der Waals surface area contributed by atoms with E-state index in [1.165, 1.54) is 0 Å². The number of carbonyl (C=O) groups is 2. The minimum Gasteiger partial charge on any atom is -0.444 e. The maximum absolute atomic E-state index is 11.2. The van der Waals surface area contributed by atoms with E-state index in [0.29, 0.717) is 13.1 Å². The number of hydrogen-bond acceptors (Lipinski definition) is 3.